The zero-order valence-corrected chi connectivity index (χ0v) is 22.8. The van der Waals surface area contributed by atoms with E-state index in [1.807, 2.05) is 0 Å². The van der Waals surface area contributed by atoms with Crippen LogP contribution in [0.25, 0.3) is 0 Å². The van der Waals surface area contributed by atoms with E-state index in [-0.39, 0.29) is 17.4 Å². The standard InChI is InChI=1S/C28H36N4O7/c1-16-7-6-8-20(24(16)34)23(25(35)30-17-9-13-19(38-5)14-10-17)32(18-11-12-18)26(36)21(15-22(29)33)31-27(37)39-28(2,3)4/h6-10,13-14,18,21,23,34H,11-12,15H2,1-5H3,(H2,29,33)(H,30,35)(H,31,37). The van der Waals surface area contributed by atoms with Crippen LogP contribution in [0.5, 0.6) is 11.5 Å². The molecule has 4 amide bonds. The van der Waals surface area contributed by atoms with Gasteiger partial charge in [-0.1, -0.05) is 18.2 Å². The zero-order chi connectivity index (χ0) is 28.9. The van der Waals surface area contributed by atoms with Gasteiger partial charge in [-0.15, -0.1) is 0 Å². The minimum Gasteiger partial charge on any atom is -0.507 e. The number of amides is 4. The number of phenolic OH excluding ortho intramolecular Hbond substituents is 1. The van der Waals surface area contributed by atoms with E-state index >= 15 is 0 Å². The molecule has 0 aliphatic heterocycles. The van der Waals surface area contributed by atoms with Crippen LogP contribution in [0.15, 0.2) is 42.5 Å². The summed E-state index contributed by atoms with van der Waals surface area (Å²) in [5, 5.41) is 16.2. The molecule has 1 aliphatic rings. The van der Waals surface area contributed by atoms with Gasteiger partial charge in [0.1, 0.15) is 29.2 Å². The Kier molecular flexibility index (Phi) is 9.05. The highest BCUT2D eigenvalue weighted by atomic mass is 16.6. The smallest absolute Gasteiger partial charge is 0.408 e. The molecular formula is C28H36N4O7. The number of aromatic hydroxyl groups is 1. The van der Waals surface area contributed by atoms with Crippen molar-refractivity contribution in [2.45, 2.75) is 70.7 Å². The third-order valence-electron chi connectivity index (χ3n) is 6.04. The Labute approximate surface area is 227 Å². The molecule has 1 saturated carbocycles. The van der Waals surface area contributed by atoms with Crippen molar-refractivity contribution in [1.29, 1.82) is 0 Å². The van der Waals surface area contributed by atoms with Gasteiger partial charge in [-0.3, -0.25) is 14.4 Å². The van der Waals surface area contributed by atoms with Crippen molar-refractivity contribution in [3.8, 4) is 11.5 Å². The predicted molar refractivity (Wildman–Crippen MR) is 144 cm³/mol. The third kappa shape index (κ3) is 7.86. The lowest BCUT2D eigenvalue weighted by Crippen LogP contribution is -2.54. The molecule has 2 unspecified atom stereocenters. The van der Waals surface area contributed by atoms with Gasteiger partial charge in [0, 0.05) is 17.3 Å². The largest absolute Gasteiger partial charge is 0.507 e. The number of nitrogens with one attached hydrogen (secondary N) is 2. The fourth-order valence-electron chi connectivity index (χ4n) is 4.11. The summed E-state index contributed by atoms with van der Waals surface area (Å²) < 4.78 is 10.4. The highest BCUT2D eigenvalue weighted by Crippen LogP contribution is 2.39. The Balaban J connectivity index is 2.02. The Bertz CT molecular complexity index is 1220. The summed E-state index contributed by atoms with van der Waals surface area (Å²) in [4.78, 5) is 53.5. The van der Waals surface area contributed by atoms with Crippen LogP contribution < -0.4 is 21.1 Å². The maximum atomic E-state index is 14.0. The van der Waals surface area contributed by atoms with E-state index in [1.165, 1.54) is 12.0 Å². The van der Waals surface area contributed by atoms with Gasteiger partial charge in [0.25, 0.3) is 5.91 Å². The molecular weight excluding hydrogens is 504 g/mol. The van der Waals surface area contributed by atoms with Crippen LogP contribution in [-0.2, 0) is 19.1 Å². The van der Waals surface area contributed by atoms with E-state index < -0.39 is 47.9 Å². The zero-order valence-electron chi connectivity index (χ0n) is 22.8. The minimum absolute atomic E-state index is 0.141. The van der Waals surface area contributed by atoms with Crippen molar-refractivity contribution in [1.82, 2.24) is 10.2 Å². The molecule has 0 saturated heterocycles. The summed E-state index contributed by atoms with van der Waals surface area (Å²) in [5.41, 5.74) is 5.72. The second-order valence-corrected chi connectivity index (χ2v) is 10.5. The molecule has 2 aromatic rings. The molecule has 5 N–H and O–H groups in total. The lowest BCUT2D eigenvalue weighted by molar-refractivity contribution is -0.142. The number of para-hydroxylation sites is 1. The van der Waals surface area contributed by atoms with Gasteiger partial charge in [0.05, 0.1) is 13.5 Å². The average Bonchev–Trinajstić information content (AvgIpc) is 3.68. The molecule has 11 nitrogen and oxygen atoms in total. The lowest BCUT2D eigenvalue weighted by Gasteiger charge is -2.34. The number of primary amides is 1. The quantitative estimate of drug-likeness (QED) is 0.360. The fourth-order valence-corrected chi connectivity index (χ4v) is 4.11. The number of alkyl carbamates (subject to hydrolysis) is 1. The topological polar surface area (TPSA) is 160 Å². The predicted octanol–water partition coefficient (Wildman–Crippen LogP) is 3.15. The second kappa shape index (κ2) is 12.1. The third-order valence-corrected chi connectivity index (χ3v) is 6.04. The van der Waals surface area contributed by atoms with Crippen LogP contribution in [0.3, 0.4) is 0 Å². The number of nitrogens with zero attached hydrogens (tertiary/aromatic N) is 1. The molecule has 0 spiro atoms. The molecule has 0 radical (unpaired) electrons. The van der Waals surface area contributed by atoms with Crippen molar-refractivity contribution < 1.29 is 33.8 Å². The number of phenols is 1. The molecule has 0 heterocycles. The first kappa shape index (κ1) is 29.3. The summed E-state index contributed by atoms with van der Waals surface area (Å²) in [6, 6.07) is 8.53. The number of carbonyl (C=O) groups is 4. The lowest BCUT2D eigenvalue weighted by atomic mass is 9.98. The van der Waals surface area contributed by atoms with E-state index in [0.717, 1.165) is 0 Å². The number of anilines is 1. The summed E-state index contributed by atoms with van der Waals surface area (Å²) in [6.07, 6.45) is -0.218. The van der Waals surface area contributed by atoms with E-state index in [4.69, 9.17) is 15.2 Å². The van der Waals surface area contributed by atoms with E-state index in [0.29, 0.717) is 29.8 Å². The number of hydrogen-bond acceptors (Lipinski definition) is 7. The number of ether oxygens (including phenoxy) is 2. The van der Waals surface area contributed by atoms with E-state index in [2.05, 4.69) is 10.6 Å². The molecule has 210 valence electrons. The van der Waals surface area contributed by atoms with Crippen LogP contribution in [0.1, 0.15) is 57.2 Å². The number of carbonyl (C=O) groups excluding carboxylic acids is 4. The van der Waals surface area contributed by atoms with Gasteiger partial charge in [-0.25, -0.2) is 4.79 Å². The number of aryl methyl sites for hydroxylation is 1. The van der Waals surface area contributed by atoms with Crippen LogP contribution in [0.2, 0.25) is 0 Å². The monoisotopic (exact) mass is 540 g/mol. The van der Waals surface area contributed by atoms with E-state index in [9.17, 15) is 24.3 Å². The number of methoxy groups -OCH3 is 1. The van der Waals surface area contributed by atoms with Crippen molar-refractivity contribution in [3.05, 3.63) is 53.6 Å². The van der Waals surface area contributed by atoms with Gasteiger partial charge in [-0.2, -0.15) is 0 Å². The molecule has 3 rings (SSSR count). The maximum Gasteiger partial charge on any atom is 0.408 e. The van der Waals surface area contributed by atoms with Gasteiger partial charge >= 0.3 is 6.09 Å². The summed E-state index contributed by atoms with van der Waals surface area (Å²) in [7, 11) is 1.52. The Morgan fingerprint density at radius 2 is 1.74 bits per heavy atom. The van der Waals surface area contributed by atoms with Crippen LogP contribution in [0, 0.1) is 6.92 Å². The number of hydrogen-bond donors (Lipinski definition) is 4. The van der Waals surface area contributed by atoms with Crippen molar-refractivity contribution in [3.63, 3.8) is 0 Å². The highest BCUT2D eigenvalue weighted by molar-refractivity contribution is 6.00. The van der Waals surface area contributed by atoms with Gasteiger partial charge in [0.2, 0.25) is 11.8 Å². The Morgan fingerprint density at radius 1 is 1.10 bits per heavy atom. The molecule has 39 heavy (non-hydrogen) atoms. The van der Waals surface area contributed by atoms with Crippen molar-refractivity contribution in [2.75, 3.05) is 12.4 Å². The molecule has 2 aromatic carbocycles. The van der Waals surface area contributed by atoms with Gasteiger partial charge in [0.15, 0.2) is 0 Å². The van der Waals surface area contributed by atoms with Crippen LogP contribution >= 0.6 is 0 Å². The second-order valence-electron chi connectivity index (χ2n) is 10.5. The van der Waals surface area contributed by atoms with Crippen LogP contribution in [-0.4, -0.2) is 58.6 Å². The Morgan fingerprint density at radius 3 is 2.28 bits per heavy atom. The molecule has 2 atom stereocenters. The van der Waals surface area contributed by atoms with Crippen LogP contribution in [0.4, 0.5) is 10.5 Å². The number of rotatable bonds is 10. The summed E-state index contributed by atoms with van der Waals surface area (Å²) in [5.74, 6) is -1.65. The molecule has 0 bridgehead atoms. The SMILES string of the molecule is COc1ccc(NC(=O)C(c2cccc(C)c2O)N(C(=O)C(CC(N)=O)NC(=O)OC(C)(C)C)C2CC2)cc1. The molecule has 1 fully saturated rings. The Hall–Kier alpha value is -4.28. The average molecular weight is 541 g/mol. The first-order chi connectivity index (χ1) is 18.3. The first-order valence-corrected chi connectivity index (χ1v) is 12.6. The highest BCUT2D eigenvalue weighted by Gasteiger charge is 2.45. The van der Waals surface area contributed by atoms with Gasteiger partial charge in [-0.05, 0) is 70.4 Å². The first-order valence-electron chi connectivity index (χ1n) is 12.6. The van der Waals surface area contributed by atoms with Crippen molar-refractivity contribution in [2.24, 2.45) is 5.73 Å². The minimum atomic E-state index is -1.39. The molecule has 1 aliphatic carbocycles. The normalized spacial score (nSPS) is 14.5. The fraction of sp³-hybridized carbons (Fsp3) is 0.429. The number of nitrogens with two attached hydrogens (primary N) is 1. The molecule has 0 aromatic heterocycles. The molecule has 11 heteroatoms. The van der Waals surface area contributed by atoms with Crippen molar-refractivity contribution >= 4 is 29.5 Å². The summed E-state index contributed by atoms with van der Waals surface area (Å²) >= 11 is 0. The maximum absolute atomic E-state index is 14.0. The number of benzene rings is 2. The summed E-state index contributed by atoms with van der Waals surface area (Å²) in [6.45, 7) is 6.66. The van der Waals surface area contributed by atoms with E-state index in [1.54, 1.807) is 70.2 Å². The van der Waals surface area contributed by atoms with Gasteiger partial charge < -0.3 is 35.8 Å².